The molecule has 33 heavy (non-hydrogen) atoms. The molecular weight excluding hydrogens is 430 g/mol. The molecule has 1 aromatic heterocycles. The molecule has 5 heteroatoms. The van der Waals surface area contributed by atoms with Crippen LogP contribution in [0.1, 0.15) is 37.1 Å². The highest BCUT2D eigenvalue weighted by molar-refractivity contribution is 6.30. The van der Waals surface area contributed by atoms with Crippen LogP contribution in [-0.4, -0.2) is 54.1 Å². The average Bonchev–Trinajstić information content (AvgIpc) is 2.86. The van der Waals surface area contributed by atoms with Crippen molar-refractivity contribution in [3.05, 3.63) is 95.3 Å². The van der Waals surface area contributed by atoms with Gasteiger partial charge in [-0.05, 0) is 87.8 Å². The Labute approximate surface area is 203 Å². The Kier molecular flexibility index (Phi) is 8.38. The van der Waals surface area contributed by atoms with Gasteiger partial charge in [0.05, 0.1) is 11.7 Å². The maximum Gasteiger partial charge on any atom is 0.119 e. The number of pyridine rings is 1. The fourth-order valence-corrected chi connectivity index (χ4v) is 4.96. The number of piperidine rings is 1. The number of rotatable bonds is 9. The Bertz CT molecular complexity index is 959. The molecule has 0 saturated carbocycles. The van der Waals surface area contributed by atoms with Gasteiger partial charge in [-0.3, -0.25) is 14.8 Å². The number of likely N-dealkylation sites (tertiary alicyclic amines) is 1. The molecule has 0 radical (unpaired) electrons. The Morgan fingerprint density at radius 3 is 2.36 bits per heavy atom. The maximum absolute atomic E-state index is 6.17. The number of hydrogen-bond donors (Lipinski definition) is 0. The van der Waals surface area contributed by atoms with Crippen molar-refractivity contribution in [2.45, 2.75) is 31.8 Å². The number of aromatic nitrogens is 1. The van der Waals surface area contributed by atoms with Gasteiger partial charge in [-0.25, -0.2) is 0 Å². The van der Waals surface area contributed by atoms with Crippen LogP contribution in [0.2, 0.25) is 5.02 Å². The summed E-state index contributed by atoms with van der Waals surface area (Å²) in [7, 11) is 2.23. The molecule has 2 heterocycles. The van der Waals surface area contributed by atoms with E-state index in [9.17, 15) is 0 Å². The third-order valence-corrected chi connectivity index (χ3v) is 7.19. The summed E-state index contributed by atoms with van der Waals surface area (Å²) in [5.74, 6) is 1.60. The molecule has 1 saturated heterocycles. The number of benzene rings is 2. The molecule has 0 bridgehead atoms. The topological polar surface area (TPSA) is 28.6 Å². The minimum Gasteiger partial charge on any atom is -0.492 e. The van der Waals surface area contributed by atoms with Crippen LogP contribution in [0.4, 0.5) is 0 Å². The average molecular weight is 464 g/mol. The molecule has 1 aliphatic rings. The predicted octanol–water partition coefficient (Wildman–Crippen LogP) is 5.94. The fourth-order valence-electron chi connectivity index (χ4n) is 4.83. The van der Waals surface area contributed by atoms with Gasteiger partial charge in [-0.15, -0.1) is 0 Å². The maximum atomic E-state index is 6.17. The summed E-state index contributed by atoms with van der Waals surface area (Å²) in [4.78, 5) is 9.72. The van der Waals surface area contributed by atoms with E-state index in [0.717, 1.165) is 42.7 Å². The second-order valence-corrected chi connectivity index (χ2v) is 9.39. The van der Waals surface area contributed by atoms with E-state index in [1.165, 1.54) is 18.4 Å². The number of hydrogen-bond acceptors (Lipinski definition) is 4. The Morgan fingerprint density at radius 2 is 1.70 bits per heavy atom. The van der Waals surface area contributed by atoms with Gasteiger partial charge in [0.2, 0.25) is 0 Å². The third kappa shape index (κ3) is 6.35. The molecule has 1 aliphatic heterocycles. The van der Waals surface area contributed by atoms with Crippen LogP contribution < -0.4 is 4.74 Å². The highest BCUT2D eigenvalue weighted by Gasteiger charge is 2.31. The van der Waals surface area contributed by atoms with Crippen LogP contribution in [0.5, 0.6) is 5.75 Å². The van der Waals surface area contributed by atoms with Crippen LogP contribution in [0.3, 0.4) is 0 Å². The molecule has 2 aromatic carbocycles. The quantitative estimate of drug-likeness (QED) is 0.393. The molecule has 0 amide bonds. The summed E-state index contributed by atoms with van der Waals surface area (Å²) in [6.07, 6.45) is 4.28. The first-order valence-corrected chi connectivity index (χ1v) is 12.3. The summed E-state index contributed by atoms with van der Waals surface area (Å²) in [5.41, 5.74) is 2.30. The molecule has 3 aromatic rings. The highest BCUT2D eigenvalue weighted by atomic mass is 35.5. The molecule has 0 aliphatic carbocycles. The van der Waals surface area contributed by atoms with Crippen molar-refractivity contribution in [3.8, 4) is 5.75 Å². The molecule has 1 unspecified atom stereocenters. The van der Waals surface area contributed by atoms with Crippen molar-refractivity contribution < 1.29 is 4.74 Å². The lowest BCUT2D eigenvalue weighted by molar-refractivity contribution is 0.0881. The minimum absolute atomic E-state index is 0.107. The van der Waals surface area contributed by atoms with Gasteiger partial charge in [0.1, 0.15) is 12.4 Å². The van der Waals surface area contributed by atoms with Gasteiger partial charge >= 0.3 is 0 Å². The molecule has 4 nitrogen and oxygen atoms in total. The van der Waals surface area contributed by atoms with E-state index in [0.29, 0.717) is 12.0 Å². The van der Waals surface area contributed by atoms with E-state index in [1.807, 2.05) is 54.7 Å². The van der Waals surface area contributed by atoms with Gasteiger partial charge in [-0.2, -0.15) is 0 Å². The first kappa shape index (κ1) is 23.7. The SMILES string of the molecule is C[C@H](C1CCN(CCOc2ccccc2)CC1)N(C)C(c1ccc(Cl)cc1)c1ccccn1. The van der Waals surface area contributed by atoms with Gasteiger partial charge in [-0.1, -0.05) is 48.0 Å². The molecule has 174 valence electrons. The lowest BCUT2D eigenvalue weighted by atomic mass is 9.87. The first-order valence-electron chi connectivity index (χ1n) is 11.9. The van der Waals surface area contributed by atoms with Crippen molar-refractivity contribution in [1.82, 2.24) is 14.8 Å². The third-order valence-electron chi connectivity index (χ3n) is 6.94. The Hall–Kier alpha value is -2.40. The number of nitrogens with zero attached hydrogens (tertiary/aromatic N) is 3. The number of ether oxygens (including phenoxy) is 1. The summed E-state index contributed by atoms with van der Waals surface area (Å²) < 4.78 is 5.89. The zero-order chi connectivity index (χ0) is 23.0. The van der Waals surface area contributed by atoms with Crippen LogP contribution in [0.25, 0.3) is 0 Å². The molecular formula is C28H34ClN3O. The van der Waals surface area contributed by atoms with Gasteiger partial charge < -0.3 is 4.74 Å². The predicted molar refractivity (Wildman–Crippen MR) is 136 cm³/mol. The monoisotopic (exact) mass is 463 g/mol. The summed E-state index contributed by atoms with van der Waals surface area (Å²) >= 11 is 6.17. The Morgan fingerprint density at radius 1 is 1.00 bits per heavy atom. The van der Waals surface area contributed by atoms with Crippen LogP contribution in [0, 0.1) is 5.92 Å². The first-order chi connectivity index (χ1) is 16.1. The van der Waals surface area contributed by atoms with E-state index < -0.39 is 0 Å². The smallest absolute Gasteiger partial charge is 0.119 e. The summed E-state index contributed by atoms with van der Waals surface area (Å²) in [6, 6.07) is 25.0. The lowest BCUT2D eigenvalue weighted by Gasteiger charge is -2.41. The Balaban J connectivity index is 1.35. The van der Waals surface area contributed by atoms with Crippen molar-refractivity contribution >= 4 is 11.6 Å². The van der Waals surface area contributed by atoms with Gasteiger partial charge in [0.25, 0.3) is 0 Å². The zero-order valence-corrected chi connectivity index (χ0v) is 20.4. The van der Waals surface area contributed by atoms with Crippen molar-refractivity contribution in [2.75, 3.05) is 33.3 Å². The lowest BCUT2D eigenvalue weighted by Crippen LogP contribution is -2.45. The second-order valence-electron chi connectivity index (χ2n) is 8.96. The second kappa shape index (κ2) is 11.6. The number of para-hydroxylation sites is 1. The fraction of sp³-hybridized carbons (Fsp3) is 0.393. The normalized spacial score (nSPS) is 17.1. The minimum atomic E-state index is 0.107. The van der Waals surface area contributed by atoms with E-state index in [1.54, 1.807) is 0 Å². The van der Waals surface area contributed by atoms with Gasteiger partial charge in [0, 0.05) is 23.8 Å². The van der Waals surface area contributed by atoms with E-state index in [2.05, 4.69) is 48.0 Å². The molecule has 4 rings (SSSR count). The van der Waals surface area contributed by atoms with Crippen LogP contribution in [-0.2, 0) is 0 Å². The molecule has 0 spiro atoms. The highest BCUT2D eigenvalue weighted by Crippen LogP contribution is 2.33. The molecule has 1 fully saturated rings. The van der Waals surface area contributed by atoms with Crippen LogP contribution >= 0.6 is 11.6 Å². The molecule has 2 atom stereocenters. The van der Waals surface area contributed by atoms with Crippen molar-refractivity contribution in [3.63, 3.8) is 0 Å². The summed E-state index contributed by atoms with van der Waals surface area (Å²) in [5, 5.41) is 0.762. The van der Waals surface area contributed by atoms with E-state index in [-0.39, 0.29) is 6.04 Å². The number of halogens is 1. The van der Waals surface area contributed by atoms with E-state index >= 15 is 0 Å². The zero-order valence-electron chi connectivity index (χ0n) is 19.6. The van der Waals surface area contributed by atoms with Crippen molar-refractivity contribution in [1.29, 1.82) is 0 Å². The van der Waals surface area contributed by atoms with Crippen LogP contribution in [0.15, 0.2) is 79.0 Å². The van der Waals surface area contributed by atoms with E-state index in [4.69, 9.17) is 21.3 Å². The standard InChI is InChI=1S/C28H34ClN3O/c1-22(23-15-18-32(19-16-23)20-21-33-26-8-4-3-5-9-26)31(2)28(27-10-6-7-17-30-27)24-11-13-25(29)14-12-24/h3-14,17,22-23,28H,15-16,18-21H2,1-2H3/t22-,28?/m1/s1. The van der Waals surface area contributed by atoms with Gasteiger partial charge in [0.15, 0.2) is 0 Å². The summed E-state index contributed by atoms with van der Waals surface area (Å²) in [6.45, 7) is 6.33. The molecule has 0 N–H and O–H groups in total. The largest absolute Gasteiger partial charge is 0.492 e. The van der Waals surface area contributed by atoms with Crippen molar-refractivity contribution in [2.24, 2.45) is 5.92 Å².